The number of aromatic nitrogens is 1. The van der Waals surface area contributed by atoms with E-state index in [4.69, 9.17) is 4.99 Å². The van der Waals surface area contributed by atoms with Crippen molar-refractivity contribution in [2.24, 2.45) is 12.0 Å². The van der Waals surface area contributed by atoms with Gasteiger partial charge >= 0.3 is 0 Å². The normalized spacial score (nSPS) is 14.9. The molecule has 4 aromatic rings. The van der Waals surface area contributed by atoms with Crippen molar-refractivity contribution in [3.05, 3.63) is 106 Å². The number of halogens is 1. The average molecular weight is 441 g/mol. The molecule has 1 aliphatic rings. The lowest BCUT2D eigenvalue weighted by atomic mass is 9.85. The van der Waals surface area contributed by atoms with Crippen molar-refractivity contribution >= 4 is 49.6 Å². The fourth-order valence-corrected chi connectivity index (χ4v) is 4.22. The summed E-state index contributed by atoms with van der Waals surface area (Å²) in [4.78, 5) is 18.3. The van der Waals surface area contributed by atoms with E-state index in [0.717, 1.165) is 37.9 Å². The Balaban J connectivity index is 1.77. The van der Waals surface area contributed by atoms with Gasteiger partial charge in [-0.3, -0.25) is 4.79 Å². The molecule has 3 aromatic carbocycles. The Kier molecular flexibility index (Phi) is 4.29. The predicted molar refractivity (Wildman–Crippen MR) is 122 cm³/mol. The number of hydrogen-bond donors (Lipinski definition) is 0. The van der Waals surface area contributed by atoms with Crippen LogP contribution in [-0.4, -0.2) is 16.1 Å². The molecule has 3 nitrogen and oxygen atoms in total. The number of hydrogen-bond acceptors (Lipinski definition) is 2. The minimum Gasteiger partial charge on any atom is -0.350 e. The topological polar surface area (TPSA) is 34.4 Å². The van der Waals surface area contributed by atoms with Crippen LogP contribution in [0.3, 0.4) is 0 Å². The number of para-hydroxylation sites is 2. The second-order valence-corrected chi connectivity index (χ2v) is 7.91. The lowest BCUT2D eigenvalue weighted by Gasteiger charge is -2.17. The maximum absolute atomic E-state index is 13.4. The van der Waals surface area contributed by atoms with Crippen molar-refractivity contribution in [2.45, 2.75) is 0 Å². The number of allylic oxidation sites excluding steroid dienone is 2. The highest BCUT2D eigenvalue weighted by Crippen LogP contribution is 2.34. The predicted octanol–water partition coefficient (Wildman–Crippen LogP) is 6.34. The number of aliphatic imine (C=N–C) groups is 1. The lowest BCUT2D eigenvalue weighted by Crippen LogP contribution is -2.16. The Hall–Kier alpha value is -3.24. The van der Waals surface area contributed by atoms with Gasteiger partial charge in [-0.25, -0.2) is 4.99 Å². The van der Waals surface area contributed by atoms with E-state index in [1.807, 2.05) is 80.0 Å². The standard InChI is InChI=1S/C25H17BrN2O/c1-28-15-20(17-9-4-7-13-24(17)28)19-14-23(27-22-12-6-5-11-21(22)26)16-8-2-3-10-18(16)25(19)29/h2-15H,1H3. The fourth-order valence-electron chi connectivity index (χ4n) is 3.85. The summed E-state index contributed by atoms with van der Waals surface area (Å²) in [6.45, 7) is 0. The summed E-state index contributed by atoms with van der Waals surface area (Å²) in [5.74, 6) is 0.0306. The third kappa shape index (κ3) is 2.97. The van der Waals surface area contributed by atoms with Gasteiger partial charge in [-0.1, -0.05) is 54.6 Å². The van der Waals surface area contributed by atoms with E-state index in [1.54, 1.807) is 0 Å². The SMILES string of the molecule is Cn1cc(C2=CC(=Nc3ccccc3Br)c3ccccc3C2=O)c2ccccc21. The zero-order valence-corrected chi connectivity index (χ0v) is 17.3. The number of carbonyl (C=O) groups excluding carboxylic acids is 1. The smallest absolute Gasteiger partial charge is 0.194 e. The minimum atomic E-state index is 0.0306. The molecule has 1 aliphatic carbocycles. The maximum atomic E-state index is 13.4. The molecular weight excluding hydrogens is 424 g/mol. The highest BCUT2D eigenvalue weighted by molar-refractivity contribution is 9.10. The summed E-state index contributed by atoms with van der Waals surface area (Å²) >= 11 is 3.57. The first-order valence-electron chi connectivity index (χ1n) is 9.37. The first-order valence-corrected chi connectivity index (χ1v) is 10.2. The van der Waals surface area contributed by atoms with Crippen LogP contribution >= 0.6 is 15.9 Å². The van der Waals surface area contributed by atoms with Crippen LogP contribution in [0.1, 0.15) is 21.5 Å². The minimum absolute atomic E-state index is 0.0306. The van der Waals surface area contributed by atoms with Crippen LogP contribution in [0.25, 0.3) is 16.5 Å². The van der Waals surface area contributed by atoms with E-state index in [-0.39, 0.29) is 5.78 Å². The molecule has 0 unspecified atom stereocenters. The van der Waals surface area contributed by atoms with Gasteiger partial charge in [0.2, 0.25) is 0 Å². The second kappa shape index (κ2) is 6.98. The molecule has 0 radical (unpaired) electrons. The van der Waals surface area contributed by atoms with E-state index in [0.29, 0.717) is 11.1 Å². The van der Waals surface area contributed by atoms with Gasteiger partial charge in [-0.05, 0) is 40.2 Å². The number of benzene rings is 3. The van der Waals surface area contributed by atoms with Gasteiger partial charge in [-0.2, -0.15) is 0 Å². The fraction of sp³-hybridized carbons (Fsp3) is 0.0400. The van der Waals surface area contributed by atoms with Gasteiger partial charge in [-0.15, -0.1) is 0 Å². The van der Waals surface area contributed by atoms with E-state index in [1.165, 1.54) is 0 Å². The quantitative estimate of drug-likeness (QED) is 0.357. The molecular formula is C25H17BrN2O. The van der Waals surface area contributed by atoms with Crippen molar-refractivity contribution in [3.8, 4) is 0 Å². The van der Waals surface area contributed by atoms with Gasteiger partial charge in [0.25, 0.3) is 0 Å². The van der Waals surface area contributed by atoms with Crippen molar-refractivity contribution in [1.29, 1.82) is 0 Å². The van der Waals surface area contributed by atoms with Crippen LogP contribution in [0.2, 0.25) is 0 Å². The van der Waals surface area contributed by atoms with Crippen molar-refractivity contribution in [3.63, 3.8) is 0 Å². The van der Waals surface area contributed by atoms with Crippen LogP contribution < -0.4 is 0 Å². The van der Waals surface area contributed by atoms with Gasteiger partial charge in [0, 0.05) is 50.9 Å². The first kappa shape index (κ1) is 17.8. The largest absolute Gasteiger partial charge is 0.350 e. The molecule has 0 amide bonds. The lowest BCUT2D eigenvalue weighted by molar-refractivity contribution is 0.105. The van der Waals surface area contributed by atoms with E-state index in [9.17, 15) is 4.79 Å². The molecule has 1 heterocycles. The Morgan fingerprint density at radius 1 is 0.828 bits per heavy atom. The zero-order chi connectivity index (χ0) is 20.0. The van der Waals surface area contributed by atoms with E-state index < -0.39 is 0 Å². The van der Waals surface area contributed by atoms with Crippen molar-refractivity contribution < 1.29 is 4.79 Å². The van der Waals surface area contributed by atoms with Crippen LogP contribution in [0, 0.1) is 0 Å². The molecule has 0 fully saturated rings. The molecule has 0 spiro atoms. The number of Topliss-reactive ketones (excluding diaryl/α,β-unsaturated/α-hetero) is 1. The average Bonchev–Trinajstić information content (AvgIpc) is 3.08. The molecule has 29 heavy (non-hydrogen) atoms. The van der Waals surface area contributed by atoms with Crippen molar-refractivity contribution in [2.75, 3.05) is 0 Å². The first-order chi connectivity index (χ1) is 14.1. The summed E-state index contributed by atoms with van der Waals surface area (Å²) in [5.41, 5.74) is 5.87. The monoisotopic (exact) mass is 440 g/mol. The van der Waals surface area contributed by atoms with Gasteiger partial charge in [0.1, 0.15) is 0 Å². The summed E-state index contributed by atoms with van der Waals surface area (Å²) < 4.78 is 2.98. The molecule has 0 bridgehead atoms. The zero-order valence-electron chi connectivity index (χ0n) is 15.8. The van der Waals surface area contributed by atoms with Crippen LogP contribution in [0.5, 0.6) is 0 Å². The highest BCUT2D eigenvalue weighted by Gasteiger charge is 2.27. The number of aryl methyl sites for hydroxylation is 1. The molecule has 0 atom stereocenters. The van der Waals surface area contributed by atoms with Crippen LogP contribution in [-0.2, 0) is 7.05 Å². The highest BCUT2D eigenvalue weighted by atomic mass is 79.9. The Morgan fingerprint density at radius 2 is 1.52 bits per heavy atom. The molecule has 0 saturated carbocycles. The van der Waals surface area contributed by atoms with Gasteiger partial charge in [0.15, 0.2) is 5.78 Å². The molecule has 140 valence electrons. The van der Waals surface area contributed by atoms with Crippen LogP contribution in [0.4, 0.5) is 5.69 Å². The number of ketones is 1. The third-order valence-electron chi connectivity index (χ3n) is 5.25. The molecule has 0 saturated heterocycles. The molecule has 4 heteroatoms. The molecule has 1 aromatic heterocycles. The summed E-state index contributed by atoms with van der Waals surface area (Å²) in [7, 11) is 2.00. The summed E-state index contributed by atoms with van der Waals surface area (Å²) in [6.07, 6.45) is 3.95. The van der Waals surface area contributed by atoms with E-state index in [2.05, 4.69) is 32.6 Å². The van der Waals surface area contributed by atoms with E-state index >= 15 is 0 Å². The van der Waals surface area contributed by atoms with Gasteiger partial charge < -0.3 is 4.57 Å². The molecule has 5 rings (SSSR count). The summed E-state index contributed by atoms with van der Waals surface area (Å²) in [6, 6.07) is 23.7. The van der Waals surface area contributed by atoms with Gasteiger partial charge in [0.05, 0.1) is 11.4 Å². The second-order valence-electron chi connectivity index (χ2n) is 7.05. The Bertz CT molecular complexity index is 1340. The van der Waals surface area contributed by atoms with Crippen LogP contribution in [0.15, 0.2) is 94.5 Å². The third-order valence-corrected chi connectivity index (χ3v) is 5.92. The number of fused-ring (bicyclic) bond motifs is 2. The molecule has 0 aliphatic heterocycles. The summed E-state index contributed by atoms with van der Waals surface area (Å²) in [5, 5.41) is 1.06. The number of rotatable bonds is 2. The van der Waals surface area contributed by atoms with Crippen molar-refractivity contribution in [1.82, 2.24) is 4.57 Å². The Labute approximate surface area is 177 Å². The number of carbonyl (C=O) groups is 1. The molecule has 0 N–H and O–H groups in total. The maximum Gasteiger partial charge on any atom is 0.194 e. The Morgan fingerprint density at radius 3 is 2.34 bits per heavy atom. The number of nitrogens with zero attached hydrogens (tertiary/aromatic N) is 2.